The highest BCUT2D eigenvalue weighted by atomic mass is 16.5. The second-order valence-corrected chi connectivity index (χ2v) is 6.18. The fourth-order valence-corrected chi connectivity index (χ4v) is 2.64. The third-order valence-corrected chi connectivity index (χ3v) is 4.11. The van der Waals surface area contributed by atoms with E-state index in [9.17, 15) is 0 Å². The largest absolute Gasteiger partial charge is 0.496 e. The van der Waals surface area contributed by atoms with Crippen LogP contribution < -0.4 is 4.74 Å². The number of rotatable bonds is 3. The van der Waals surface area contributed by atoms with Gasteiger partial charge in [0, 0.05) is 29.8 Å². The molecule has 0 N–H and O–H groups in total. The molecule has 0 saturated heterocycles. The van der Waals surface area contributed by atoms with Gasteiger partial charge in [-0.15, -0.1) is 0 Å². The van der Waals surface area contributed by atoms with Crippen LogP contribution in [0.15, 0.2) is 61.1 Å². The molecule has 0 saturated carbocycles. The summed E-state index contributed by atoms with van der Waals surface area (Å²) >= 11 is 0. The second-order valence-electron chi connectivity index (χ2n) is 6.18. The third kappa shape index (κ3) is 6.99. The minimum Gasteiger partial charge on any atom is -0.496 e. The van der Waals surface area contributed by atoms with Crippen LogP contribution in [0.4, 0.5) is 0 Å². The lowest BCUT2D eigenvalue weighted by molar-refractivity contribution is 0.413. The van der Waals surface area contributed by atoms with E-state index in [1.165, 1.54) is 22.3 Å². The van der Waals surface area contributed by atoms with Crippen LogP contribution in [-0.4, -0.2) is 17.1 Å². The van der Waals surface area contributed by atoms with E-state index in [2.05, 4.69) is 36.0 Å². The second kappa shape index (κ2) is 12.4. The van der Waals surface area contributed by atoms with Crippen LogP contribution in [0.2, 0.25) is 0 Å². The van der Waals surface area contributed by atoms with Gasteiger partial charge in [0.1, 0.15) is 5.75 Å². The van der Waals surface area contributed by atoms with Crippen molar-refractivity contribution in [1.82, 2.24) is 9.97 Å². The van der Waals surface area contributed by atoms with E-state index in [-0.39, 0.29) is 0 Å². The summed E-state index contributed by atoms with van der Waals surface area (Å²) in [6.07, 6.45) is 7.63. The molecule has 0 aliphatic carbocycles. The summed E-state index contributed by atoms with van der Waals surface area (Å²) in [6.45, 7) is 12.3. The van der Waals surface area contributed by atoms with E-state index in [0.29, 0.717) is 0 Å². The van der Waals surface area contributed by atoms with Crippen LogP contribution in [-0.2, 0) is 0 Å². The van der Waals surface area contributed by atoms with Crippen molar-refractivity contribution in [2.24, 2.45) is 0 Å². The van der Waals surface area contributed by atoms with Gasteiger partial charge in [-0.05, 0) is 74.2 Å². The van der Waals surface area contributed by atoms with E-state index < -0.39 is 0 Å². The van der Waals surface area contributed by atoms with Crippen molar-refractivity contribution in [1.29, 1.82) is 0 Å². The first-order valence-electron chi connectivity index (χ1n) is 9.63. The molecule has 3 rings (SSSR count). The maximum absolute atomic E-state index is 5.41. The first-order valence-corrected chi connectivity index (χ1v) is 9.63. The number of pyridine rings is 2. The summed E-state index contributed by atoms with van der Waals surface area (Å²) in [5.41, 5.74) is 6.98. The predicted octanol–water partition coefficient (Wildman–Crippen LogP) is 6.68. The van der Waals surface area contributed by atoms with Crippen molar-refractivity contribution in [2.45, 2.75) is 41.5 Å². The Morgan fingerprint density at radius 1 is 0.929 bits per heavy atom. The Hall–Kier alpha value is -2.94. The average molecular weight is 377 g/mol. The maximum atomic E-state index is 5.41. The van der Waals surface area contributed by atoms with Crippen LogP contribution in [0.1, 0.15) is 48.7 Å². The van der Waals surface area contributed by atoms with Crippen molar-refractivity contribution in [3.63, 3.8) is 0 Å². The lowest BCUT2D eigenvalue weighted by Crippen LogP contribution is -1.92. The molecule has 2 heterocycles. The standard InChI is InChI=1S/C17H19NO.C6H7N.C2H6/c1-12-9-10-18-14(3)16(12)11-13(2)15-7-5-6-8-17(15)19-4;1-6-3-2-4-7-5-6;1-2/h5-11H,1-4H3;2-5H,1H3;1-2H3/b13-11+;;. The fraction of sp³-hybridized carbons (Fsp3) is 0.280. The van der Waals surface area contributed by atoms with E-state index in [4.69, 9.17) is 4.74 Å². The Morgan fingerprint density at radius 2 is 1.64 bits per heavy atom. The number of methoxy groups -OCH3 is 1. The van der Waals surface area contributed by atoms with E-state index in [1.54, 1.807) is 13.3 Å². The number of hydrogen-bond acceptors (Lipinski definition) is 3. The van der Waals surface area contributed by atoms with Gasteiger partial charge in [0.25, 0.3) is 0 Å². The third-order valence-electron chi connectivity index (χ3n) is 4.11. The summed E-state index contributed by atoms with van der Waals surface area (Å²) in [5, 5.41) is 0. The number of nitrogens with zero attached hydrogens (tertiary/aromatic N) is 2. The molecule has 3 nitrogen and oxygen atoms in total. The number of allylic oxidation sites excluding steroid dienone is 1. The SMILES string of the molecule is CC.COc1ccccc1/C(C)=C/c1c(C)ccnc1C.Cc1cccnc1. The van der Waals surface area contributed by atoms with Gasteiger partial charge in [0.2, 0.25) is 0 Å². The Balaban J connectivity index is 0.000000363. The van der Waals surface area contributed by atoms with Crippen LogP contribution in [0.3, 0.4) is 0 Å². The number of aryl methyl sites for hydroxylation is 3. The Morgan fingerprint density at radius 3 is 2.18 bits per heavy atom. The average Bonchev–Trinajstić information content (AvgIpc) is 2.73. The first kappa shape index (κ1) is 23.1. The normalized spacial score (nSPS) is 10.2. The molecule has 28 heavy (non-hydrogen) atoms. The van der Waals surface area contributed by atoms with Gasteiger partial charge >= 0.3 is 0 Å². The molecule has 0 fully saturated rings. The van der Waals surface area contributed by atoms with Crippen molar-refractivity contribution in [2.75, 3.05) is 7.11 Å². The number of hydrogen-bond donors (Lipinski definition) is 0. The van der Waals surface area contributed by atoms with Gasteiger partial charge in [-0.3, -0.25) is 9.97 Å². The monoisotopic (exact) mass is 376 g/mol. The summed E-state index contributed by atoms with van der Waals surface area (Å²) in [7, 11) is 1.70. The minimum absolute atomic E-state index is 0.899. The molecule has 0 aliphatic rings. The minimum atomic E-state index is 0.899. The first-order chi connectivity index (χ1) is 13.5. The molecule has 0 radical (unpaired) electrons. The zero-order chi connectivity index (χ0) is 20.9. The smallest absolute Gasteiger partial charge is 0.126 e. The lowest BCUT2D eigenvalue weighted by Gasteiger charge is -2.10. The molecule has 1 aromatic carbocycles. The summed E-state index contributed by atoms with van der Waals surface area (Å²) in [6, 6.07) is 14.0. The Labute approximate surface area is 170 Å². The van der Waals surface area contributed by atoms with Crippen LogP contribution in [0.25, 0.3) is 11.6 Å². The highest BCUT2D eigenvalue weighted by Gasteiger charge is 2.06. The van der Waals surface area contributed by atoms with Gasteiger partial charge in [-0.2, -0.15) is 0 Å². The van der Waals surface area contributed by atoms with E-state index in [1.807, 2.05) is 76.5 Å². The molecule has 0 spiro atoms. The predicted molar refractivity (Wildman–Crippen MR) is 121 cm³/mol. The van der Waals surface area contributed by atoms with Crippen LogP contribution in [0, 0.1) is 20.8 Å². The highest BCUT2D eigenvalue weighted by Crippen LogP contribution is 2.28. The summed E-state index contributed by atoms with van der Waals surface area (Å²) in [5.74, 6) is 0.899. The molecule has 148 valence electrons. The molecule has 3 aromatic rings. The molecule has 2 aromatic heterocycles. The molecular weight excluding hydrogens is 344 g/mol. The molecule has 0 unspecified atom stereocenters. The van der Waals surface area contributed by atoms with Gasteiger partial charge < -0.3 is 4.74 Å². The topological polar surface area (TPSA) is 35.0 Å². The van der Waals surface area contributed by atoms with E-state index >= 15 is 0 Å². The summed E-state index contributed by atoms with van der Waals surface area (Å²) < 4.78 is 5.41. The van der Waals surface area contributed by atoms with E-state index in [0.717, 1.165) is 17.0 Å². The van der Waals surface area contributed by atoms with Gasteiger partial charge in [0.05, 0.1) is 7.11 Å². The molecule has 0 aliphatic heterocycles. The molecule has 3 heteroatoms. The maximum Gasteiger partial charge on any atom is 0.126 e. The highest BCUT2D eigenvalue weighted by molar-refractivity contribution is 5.83. The quantitative estimate of drug-likeness (QED) is 0.511. The zero-order valence-corrected chi connectivity index (χ0v) is 18.2. The Kier molecular flexibility index (Phi) is 10.3. The van der Waals surface area contributed by atoms with Crippen molar-refractivity contribution >= 4 is 11.6 Å². The van der Waals surface area contributed by atoms with Crippen molar-refractivity contribution in [3.05, 3.63) is 89.0 Å². The number of ether oxygens (including phenoxy) is 1. The lowest BCUT2D eigenvalue weighted by atomic mass is 10.0. The number of benzene rings is 1. The molecule has 0 atom stereocenters. The molecule has 0 amide bonds. The number of aromatic nitrogens is 2. The van der Waals surface area contributed by atoms with Crippen LogP contribution in [0.5, 0.6) is 5.75 Å². The van der Waals surface area contributed by atoms with Crippen LogP contribution >= 0.6 is 0 Å². The Bertz CT molecular complexity index is 850. The van der Waals surface area contributed by atoms with Crippen molar-refractivity contribution < 1.29 is 4.74 Å². The van der Waals surface area contributed by atoms with Crippen molar-refractivity contribution in [3.8, 4) is 5.75 Å². The molecular formula is C25H32N2O. The molecule has 0 bridgehead atoms. The number of para-hydroxylation sites is 1. The summed E-state index contributed by atoms with van der Waals surface area (Å²) in [4.78, 5) is 8.24. The van der Waals surface area contributed by atoms with Gasteiger partial charge in [-0.1, -0.05) is 38.1 Å². The zero-order valence-electron chi connectivity index (χ0n) is 18.2. The fourth-order valence-electron chi connectivity index (χ4n) is 2.64. The van der Waals surface area contributed by atoms with Gasteiger partial charge in [-0.25, -0.2) is 0 Å². The van der Waals surface area contributed by atoms with Gasteiger partial charge in [0.15, 0.2) is 0 Å².